The van der Waals surface area contributed by atoms with E-state index in [0.717, 1.165) is 19.0 Å². The second-order valence-corrected chi connectivity index (χ2v) is 10.2. The molecule has 0 bridgehead atoms. The van der Waals surface area contributed by atoms with E-state index in [1.54, 1.807) is 5.56 Å². The Bertz CT molecular complexity index is 609. The van der Waals surface area contributed by atoms with Crippen molar-refractivity contribution in [2.24, 2.45) is 17.1 Å². The van der Waals surface area contributed by atoms with E-state index in [1.165, 1.54) is 69.4 Å². The zero-order valence-corrected chi connectivity index (χ0v) is 20.1. The molecule has 29 heavy (non-hydrogen) atoms. The number of halogens is 1. The van der Waals surface area contributed by atoms with E-state index >= 15 is 0 Å². The van der Waals surface area contributed by atoms with Crippen LogP contribution in [0.2, 0.25) is 0 Å². The van der Waals surface area contributed by atoms with Gasteiger partial charge in [0.05, 0.1) is 0 Å². The predicted octanol–water partition coefficient (Wildman–Crippen LogP) is 5.81. The molecule has 2 N–H and O–H groups in total. The van der Waals surface area contributed by atoms with Crippen LogP contribution >= 0.6 is 12.4 Å². The lowest BCUT2D eigenvalue weighted by molar-refractivity contribution is 0.169. The average Bonchev–Trinajstić information content (AvgIpc) is 2.71. The molecule has 0 aromatic heterocycles. The van der Waals surface area contributed by atoms with Crippen molar-refractivity contribution in [3.05, 3.63) is 29.3 Å². The van der Waals surface area contributed by atoms with Gasteiger partial charge in [-0.3, -0.25) is 4.90 Å². The summed E-state index contributed by atoms with van der Waals surface area (Å²) in [5.41, 5.74) is 10.8. The van der Waals surface area contributed by atoms with E-state index in [1.807, 2.05) is 0 Å². The predicted molar refractivity (Wildman–Crippen MR) is 129 cm³/mol. The summed E-state index contributed by atoms with van der Waals surface area (Å²) in [5.74, 6) is 1.57. The fourth-order valence-electron chi connectivity index (χ4n) is 5.21. The minimum absolute atomic E-state index is 0. The van der Waals surface area contributed by atoms with Crippen molar-refractivity contribution in [1.82, 2.24) is 4.90 Å². The summed E-state index contributed by atoms with van der Waals surface area (Å²) < 4.78 is 0. The lowest BCUT2D eigenvalue weighted by atomic mass is 9.68. The second-order valence-electron chi connectivity index (χ2n) is 10.2. The van der Waals surface area contributed by atoms with Gasteiger partial charge in [-0.1, -0.05) is 46.2 Å². The molecule has 0 atom stereocenters. The summed E-state index contributed by atoms with van der Waals surface area (Å²) in [6.45, 7) is 16.2. The Hall–Kier alpha value is -0.770. The number of hydrogen-bond acceptors (Lipinski definition) is 3. The molecule has 1 aromatic carbocycles. The maximum absolute atomic E-state index is 6.00. The lowest BCUT2D eigenvalue weighted by Gasteiger charge is -2.40. The normalized spacial score (nSPS) is 23.7. The summed E-state index contributed by atoms with van der Waals surface area (Å²) in [5, 5.41) is 0. The molecule has 1 heterocycles. The lowest BCUT2D eigenvalue weighted by Crippen LogP contribution is -2.47. The summed E-state index contributed by atoms with van der Waals surface area (Å²) >= 11 is 0. The first-order valence-corrected chi connectivity index (χ1v) is 11.7. The van der Waals surface area contributed by atoms with E-state index in [0.29, 0.717) is 17.9 Å². The van der Waals surface area contributed by atoms with Crippen molar-refractivity contribution in [3.8, 4) is 0 Å². The van der Waals surface area contributed by atoms with Gasteiger partial charge in [-0.05, 0) is 73.1 Å². The van der Waals surface area contributed by atoms with Gasteiger partial charge in [0.15, 0.2) is 0 Å². The highest BCUT2D eigenvalue weighted by Crippen LogP contribution is 2.45. The van der Waals surface area contributed by atoms with Gasteiger partial charge in [0, 0.05) is 38.4 Å². The molecule has 1 aliphatic carbocycles. The van der Waals surface area contributed by atoms with Crippen molar-refractivity contribution in [1.29, 1.82) is 0 Å². The van der Waals surface area contributed by atoms with Crippen molar-refractivity contribution >= 4 is 18.1 Å². The molecule has 1 aromatic rings. The van der Waals surface area contributed by atoms with Crippen LogP contribution < -0.4 is 10.6 Å². The van der Waals surface area contributed by atoms with Gasteiger partial charge in [0.1, 0.15) is 0 Å². The molecular formula is C25H44ClN3. The first kappa shape index (κ1) is 24.5. The summed E-state index contributed by atoms with van der Waals surface area (Å²) in [7, 11) is 0. The maximum atomic E-state index is 6.00. The molecule has 2 aliphatic rings. The Labute approximate surface area is 185 Å². The quantitative estimate of drug-likeness (QED) is 0.629. The third-order valence-electron chi connectivity index (χ3n) is 7.26. The Morgan fingerprint density at radius 2 is 1.66 bits per heavy atom. The van der Waals surface area contributed by atoms with Gasteiger partial charge in [0.25, 0.3) is 0 Å². The van der Waals surface area contributed by atoms with Gasteiger partial charge >= 0.3 is 0 Å². The standard InChI is InChI=1S/C25H43N3.ClH/c1-5-6-13-27-14-16-28(17-15-27)24-12-7-20(19-26)18-23(24)21-8-10-22(11-9-21)25(2,3)4;/h7,12,18,21-22H,5-6,8-11,13-17,19,26H2,1-4H3;1H. The van der Waals surface area contributed by atoms with Crippen LogP contribution in [0.1, 0.15) is 83.3 Å². The van der Waals surface area contributed by atoms with Crippen molar-refractivity contribution in [2.45, 2.75) is 78.7 Å². The topological polar surface area (TPSA) is 32.5 Å². The number of piperazine rings is 1. The second kappa shape index (κ2) is 11.0. The molecule has 1 saturated carbocycles. The molecule has 0 radical (unpaired) electrons. The van der Waals surface area contributed by atoms with Gasteiger partial charge in [0.2, 0.25) is 0 Å². The Balaban J connectivity index is 0.00000300. The first-order chi connectivity index (χ1) is 13.4. The summed E-state index contributed by atoms with van der Waals surface area (Å²) in [6.07, 6.45) is 8.02. The highest BCUT2D eigenvalue weighted by atomic mass is 35.5. The summed E-state index contributed by atoms with van der Waals surface area (Å²) in [6, 6.07) is 7.05. The molecule has 4 heteroatoms. The molecule has 3 rings (SSSR count). The Kier molecular flexibility index (Phi) is 9.31. The van der Waals surface area contributed by atoms with E-state index in [4.69, 9.17) is 5.73 Å². The van der Waals surface area contributed by atoms with Crippen molar-refractivity contribution in [3.63, 3.8) is 0 Å². The highest BCUT2D eigenvalue weighted by Gasteiger charge is 2.32. The summed E-state index contributed by atoms with van der Waals surface area (Å²) in [4.78, 5) is 5.29. The fourth-order valence-corrected chi connectivity index (χ4v) is 5.21. The van der Waals surface area contributed by atoms with Crippen LogP contribution in [-0.2, 0) is 6.54 Å². The fraction of sp³-hybridized carbons (Fsp3) is 0.760. The van der Waals surface area contributed by atoms with Gasteiger partial charge in [-0.15, -0.1) is 12.4 Å². The largest absolute Gasteiger partial charge is 0.369 e. The van der Waals surface area contributed by atoms with Crippen LogP contribution in [0.3, 0.4) is 0 Å². The van der Waals surface area contributed by atoms with Crippen LogP contribution in [0.15, 0.2) is 18.2 Å². The number of anilines is 1. The number of benzene rings is 1. The molecule has 0 spiro atoms. The zero-order valence-electron chi connectivity index (χ0n) is 19.3. The molecule has 1 saturated heterocycles. The SMILES string of the molecule is CCCCN1CCN(c2ccc(CN)cc2C2CCC(C(C)(C)C)CC2)CC1.Cl. The highest BCUT2D eigenvalue weighted by molar-refractivity contribution is 5.85. The van der Waals surface area contributed by atoms with E-state index in [2.05, 4.69) is 55.7 Å². The van der Waals surface area contributed by atoms with E-state index < -0.39 is 0 Å². The van der Waals surface area contributed by atoms with Crippen molar-refractivity contribution < 1.29 is 0 Å². The van der Waals surface area contributed by atoms with Crippen molar-refractivity contribution in [2.75, 3.05) is 37.6 Å². The van der Waals surface area contributed by atoms with Gasteiger partial charge in [-0.2, -0.15) is 0 Å². The number of hydrogen-bond donors (Lipinski definition) is 1. The average molecular weight is 422 g/mol. The molecule has 3 nitrogen and oxygen atoms in total. The van der Waals surface area contributed by atoms with Gasteiger partial charge < -0.3 is 10.6 Å². The zero-order chi connectivity index (χ0) is 20.1. The van der Waals surface area contributed by atoms with E-state index in [9.17, 15) is 0 Å². The number of unbranched alkanes of at least 4 members (excludes halogenated alkanes) is 1. The van der Waals surface area contributed by atoms with Crippen LogP contribution in [0.25, 0.3) is 0 Å². The maximum Gasteiger partial charge on any atom is 0.0402 e. The van der Waals surface area contributed by atoms with Gasteiger partial charge in [-0.25, -0.2) is 0 Å². The first-order valence-electron chi connectivity index (χ1n) is 11.7. The molecule has 0 amide bonds. The smallest absolute Gasteiger partial charge is 0.0402 e. The number of nitrogens with two attached hydrogens (primary N) is 1. The third-order valence-corrected chi connectivity index (χ3v) is 7.26. The minimum atomic E-state index is 0. The van der Waals surface area contributed by atoms with Crippen LogP contribution in [0, 0.1) is 11.3 Å². The minimum Gasteiger partial charge on any atom is -0.369 e. The third kappa shape index (κ3) is 6.35. The van der Waals surface area contributed by atoms with E-state index in [-0.39, 0.29) is 12.4 Å². The monoisotopic (exact) mass is 421 g/mol. The van der Waals surface area contributed by atoms with Crippen LogP contribution in [0.5, 0.6) is 0 Å². The number of rotatable bonds is 6. The number of nitrogens with zero attached hydrogens (tertiary/aromatic N) is 2. The Morgan fingerprint density at radius 1 is 1.00 bits per heavy atom. The molecule has 166 valence electrons. The van der Waals surface area contributed by atoms with Crippen LogP contribution in [0.4, 0.5) is 5.69 Å². The Morgan fingerprint density at radius 3 is 2.21 bits per heavy atom. The molecule has 1 aliphatic heterocycles. The van der Waals surface area contributed by atoms with Crippen LogP contribution in [-0.4, -0.2) is 37.6 Å². The molecular weight excluding hydrogens is 378 g/mol. The molecule has 0 unspecified atom stereocenters. The molecule has 2 fully saturated rings.